The highest BCUT2D eigenvalue weighted by molar-refractivity contribution is 9.10. The second-order valence-corrected chi connectivity index (χ2v) is 3.59. The molecule has 0 atom stereocenters. The Bertz CT molecular complexity index is 444. The van der Waals surface area contributed by atoms with E-state index in [0.717, 1.165) is 0 Å². The molecule has 0 fully saturated rings. The summed E-state index contributed by atoms with van der Waals surface area (Å²) >= 11 is 3.18. The van der Waals surface area contributed by atoms with Gasteiger partial charge in [0.15, 0.2) is 11.5 Å². The lowest BCUT2D eigenvalue weighted by molar-refractivity contribution is 0.349. The summed E-state index contributed by atoms with van der Waals surface area (Å²) in [6.07, 6.45) is 1.35. The molecule has 0 aromatic heterocycles. The molecule has 86 valence electrons. The Balaban J connectivity index is 3.34. The molecule has 1 rings (SSSR count). The summed E-state index contributed by atoms with van der Waals surface area (Å²) in [6, 6.07) is 1.18. The van der Waals surface area contributed by atoms with Crippen LogP contribution in [-0.2, 0) is 11.3 Å². The lowest BCUT2D eigenvalue weighted by atomic mass is 10.2. The Hall–Kier alpha value is -1.39. The molecule has 1 aromatic rings. The van der Waals surface area contributed by atoms with Gasteiger partial charge in [0, 0.05) is 11.6 Å². The van der Waals surface area contributed by atoms with E-state index in [-0.39, 0.29) is 17.9 Å². The predicted octanol–water partition coefficient (Wildman–Crippen LogP) is 2.44. The highest BCUT2D eigenvalue weighted by atomic mass is 79.9. The van der Waals surface area contributed by atoms with Gasteiger partial charge in [-0.15, -0.1) is 0 Å². The molecule has 0 saturated heterocycles. The van der Waals surface area contributed by atoms with Crippen LogP contribution in [0.2, 0.25) is 0 Å². The Morgan fingerprint density at radius 2 is 2.19 bits per heavy atom. The number of carbonyl (C=O) groups excluding carboxylic acids is 1. The molecule has 0 aliphatic carbocycles. The number of hydrogen-bond acceptors (Lipinski definition) is 4. The minimum atomic E-state index is -0.525. The van der Waals surface area contributed by atoms with E-state index in [0.29, 0.717) is 10.2 Å². The standard InChI is InChI=1S/C10H9BrFNO3/c1-15-8-3-7(12)6(4-13-5-14)9(11)10(8)16-2/h3H,4H2,1-2H3. The molecule has 0 saturated carbocycles. The third-order valence-electron chi connectivity index (χ3n) is 1.96. The topological polar surface area (TPSA) is 47.9 Å². The molecular formula is C10H9BrFNO3. The zero-order chi connectivity index (χ0) is 12.1. The fraction of sp³-hybridized carbons (Fsp3) is 0.300. The largest absolute Gasteiger partial charge is 0.493 e. The highest BCUT2D eigenvalue weighted by Gasteiger charge is 2.17. The van der Waals surface area contributed by atoms with Crippen LogP contribution in [0.25, 0.3) is 0 Å². The normalized spacial score (nSPS) is 9.50. The summed E-state index contributed by atoms with van der Waals surface area (Å²) in [5.41, 5.74) is 0.223. The molecule has 0 radical (unpaired) electrons. The molecule has 0 bridgehead atoms. The van der Waals surface area contributed by atoms with E-state index in [1.807, 2.05) is 0 Å². The first-order valence-electron chi connectivity index (χ1n) is 4.28. The van der Waals surface area contributed by atoms with Crippen LogP contribution in [0, 0.1) is 5.82 Å². The van der Waals surface area contributed by atoms with Gasteiger partial charge < -0.3 is 9.47 Å². The third kappa shape index (κ3) is 2.40. The summed E-state index contributed by atoms with van der Waals surface area (Å²) in [7, 11) is 2.85. The minimum absolute atomic E-state index is 0.101. The number of nitrogens with zero attached hydrogens (tertiary/aromatic N) is 1. The van der Waals surface area contributed by atoms with Crippen molar-refractivity contribution in [3.05, 3.63) is 21.9 Å². The smallest absolute Gasteiger partial charge is 0.235 e. The monoisotopic (exact) mass is 289 g/mol. The Kier molecular flexibility index (Phi) is 4.46. The van der Waals surface area contributed by atoms with Crippen LogP contribution in [0.3, 0.4) is 0 Å². The number of methoxy groups -OCH3 is 2. The van der Waals surface area contributed by atoms with Crippen molar-refractivity contribution in [2.24, 2.45) is 4.99 Å². The number of isocyanates is 1. The van der Waals surface area contributed by atoms with Crippen LogP contribution < -0.4 is 9.47 Å². The van der Waals surface area contributed by atoms with Crippen molar-refractivity contribution in [3.8, 4) is 11.5 Å². The van der Waals surface area contributed by atoms with E-state index in [1.165, 1.54) is 26.4 Å². The summed E-state index contributed by atoms with van der Waals surface area (Å²) in [4.78, 5) is 13.3. The SMILES string of the molecule is COc1cc(F)c(CN=C=O)c(Br)c1OC. The molecule has 0 aliphatic heterocycles. The molecule has 0 unspecified atom stereocenters. The zero-order valence-corrected chi connectivity index (χ0v) is 10.3. The van der Waals surface area contributed by atoms with Gasteiger partial charge in [0.2, 0.25) is 6.08 Å². The van der Waals surface area contributed by atoms with Gasteiger partial charge in [-0.1, -0.05) is 0 Å². The number of rotatable bonds is 4. The number of aliphatic imine (C=N–C) groups is 1. The van der Waals surface area contributed by atoms with Crippen LogP contribution in [0.5, 0.6) is 11.5 Å². The lowest BCUT2D eigenvalue weighted by Gasteiger charge is -2.12. The maximum Gasteiger partial charge on any atom is 0.235 e. The second-order valence-electron chi connectivity index (χ2n) is 2.79. The first-order valence-corrected chi connectivity index (χ1v) is 5.07. The molecule has 16 heavy (non-hydrogen) atoms. The zero-order valence-electron chi connectivity index (χ0n) is 8.71. The van der Waals surface area contributed by atoms with Crippen molar-refractivity contribution in [1.82, 2.24) is 0 Å². The van der Waals surface area contributed by atoms with Gasteiger partial charge in [0.1, 0.15) is 5.82 Å². The molecule has 0 N–H and O–H groups in total. The second kappa shape index (κ2) is 5.63. The van der Waals surface area contributed by atoms with Crippen molar-refractivity contribution in [2.45, 2.75) is 6.54 Å². The maximum atomic E-state index is 13.6. The van der Waals surface area contributed by atoms with Gasteiger partial charge in [-0.2, -0.15) is 0 Å². The first kappa shape index (κ1) is 12.7. The van der Waals surface area contributed by atoms with Gasteiger partial charge >= 0.3 is 0 Å². The van der Waals surface area contributed by atoms with Gasteiger partial charge in [-0.25, -0.2) is 14.2 Å². The molecule has 0 heterocycles. The van der Waals surface area contributed by atoms with Crippen molar-refractivity contribution in [3.63, 3.8) is 0 Å². The summed E-state index contributed by atoms with van der Waals surface area (Å²) in [5, 5.41) is 0. The highest BCUT2D eigenvalue weighted by Crippen LogP contribution is 2.39. The molecule has 0 spiro atoms. The van der Waals surface area contributed by atoms with Crippen molar-refractivity contribution < 1.29 is 18.7 Å². The molecule has 1 aromatic carbocycles. The molecule has 6 heteroatoms. The number of hydrogen-bond donors (Lipinski definition) is 0. The van der Waals surface area contributed by atoms with Crippen LogP contribution in [0.1, 0.15) is 5.56 Å². The quantitative estimate of drug-likeness (QED) is 0.632. The van der Waals surface area contributed by atoms with E-state index in [9.17, 15) is 9.18 Å². The van der Waals surface area contributed by atoms with E-state index in [2.05, 4.69) is 20.9 Å². The molecule has 0 amide bonds. The summed E-state index contributed by atoms with van der Waals surface area (Å²) in [6.45, 7) is -0.101. The third-order valence-corrected chi connectivity index (χ3v) is 2.80. The average Bonchev–Trinajstić information content (AvgIpc) is 2.28. The fourth-order valence-electron chi connectivity index (χ4n) is 1.22. The minimum Gasteiger partial charge on any atom is -0.493 e. The van der Waals surface area contributed by atoms with Crippen molar-refractivity contribution in [2.75, 3.05) is 14.2 Å². The number of ether oxygens (including phenoxy) is 2. The summed E-state index contributed by atoms with van der Waals surface area (Å²) < 4.78 is 24.0. The number of halogens is 2. The molecular weight excluding hydrogens is 281 g/mol. The Morgan fingerprint density at radius 1 is 1.50 bits per heavy atom. The molecule has 4 nitrogen and oxygen atoms in total. The maximum absolute atomic E-state index is 13.6. The molecule has 0 aliphatic rings. The van der Waals surface area contributed by atoms with Crippen LogP contribution in [0.15, 0.2) is 15.5 Å². The van der Waals surface area contributed by atoms with Crippen molar-refractivity contribution in [1.29, 1.82) is 0 Å². The van der Waals surface area contributed by atoms with E-state index >= 15 is 0 Å². The average molecular weight is 290 g/mol. The van der Waals surface area contributed by atoms with Gasteiger partial charge in [-0.3, -0.25) is 0 Å². The van der Waals surface area contributed by atoms with E-state index in [1.54, 1.807) is 0 Å². The van der Waals surface area contributed by atoms with Crippen LogP contribution >= 0.6 is 15.9 Å². The van der Waals surface area contributed by atoms with Crippen LogP contribution in [-0.4, -0.2) is 20.3 Å². The van der Waals surface area contributed by atoms with Gasteiger partial charge in [0.25, 0.3) is 0 Å². The predicted molar refractivity (Wildman–Crippen MR) is 59.0 cm³/mol. The Labute approximate surface area is 100 Å². The fourth-order valence-corrected chi connectivity index (χ4v) is 1.89. The lowest BCUT2D eigenvalue weighted by Crippen LogP contribution is -1.98. The first-order chi connectivity index (χ1) is 7.65. The summed E-state index contributed by atoms with van der Waals surface area (Å²) in [5.74, 6) is 0.106. The van der Waals surface area contributed by atoms with E-state index in [4.69, 9.17) is 9.47 Å². The van der Waals surface area contributed by atoms with Crippen molar-refractivity contribution >= 4 is 22.0 Å². The number of benzene rings is 1. The van der Waals surface area contributed by atoms with Crippen LogP contribution in [0.4, 0.5) is 4.39 Å². The van der Waals surface area contributed by atoms with Gasteiger partial charge in [0.05, 0.1) is 25.2 Å². The van der Waals surface area contributed by atoms with Gasteiger partial charge in [-0.05, 0) is 15.9 Å². The Morgan fingerprint density at radius 3 is 2.69 bits per heavy atom. The van der Waals surface area contributed by atoms with E-state index < -0.39 is 5.82 Å².